The fourth-order valence-electron chi connectivity index (χ4n) is 3.46. The number of nitrogens with two attached hydrogens (primary N) is 1. The summed E-state index contributed by atoms with van der Waals surface area (Å²) in [6.07, 6.45) is 4.36. The monoisotopic (exact) mass is 332 g/mol. The van der Waals surface area contributed by atoms with Crippen molar-refractivity contribution in [3.63, 3.8) is 0 Å². The van der Waals surface area contributed by atoms with Crippen LogP contribution in [-0.2, 0) is 15.0 Å². The first-order valence-corrected chi connectivity index (χ1v) is 9.67. The summed E-state index contributed by atoms with van der Waals surface area (Å²) in [5, 5.41) is 5.15. The van der Waals surface area contributed by atoms with Crippen LogP contribution in [0.5, 0.6) is 0 Å². The SMILES string of the molecule is CCC1CCCCN1C(=O)C(C)N1CCN(S(N)(=O)=O)CC1. The molecule has 0 bridgehead atoms. The highest BCUT2D eigenvalue weighted by atomic mass is 32.2. The van der Waals surface area contributed by atoms with Crippen LogP contribution in [-0.4, -0.2) is 73.2 Å². The van der Waals surface area contributed by atoms with Gasteiger partial charge in [-0.3, -0.25) is 9.69 Å². The maximum Gasteiger partial charge on any atom is 0.276 e. The van der Waals surface area contributed by atoms with E-state index in [9.17, 15) is 13.2 Å². The van der Waals surface area contributed by atoms with Crippen molar-refractivity contribution in [2.24, 2.45) is 5.14 Å². The van der Waals surface area contributed by atoms with Gasteiger partial charge in [0.2, 0.25) is 5.91 Å². The molecule has 2 N–H and O–H groups in total. The van der Waals surface area contributed by atoms with Gasteiger partial charge in [-0.15, -0.1) is 0 Å². The molecular formula is C14H28N4O3S. The maximum absolute atomic E-state index is 12.8. The van der Waals surface area contributed by atoms with Crippen LogP contribution < -0.4 is 5.14 Å². The molecule has 7 nitrogen and oxygen atoms in total. The number of hydrogen-bond acceptors (Lipinski definition) is 4. The van der Waals surface area contributed by atoms with Gasteiger partial charge in [-0.2, -0.15) is 12.7 Å². The van der Waals surface area contributed by atoms with Gasteiger partial charge in [-0.05, 0) is 32.6 Å². The van der Waals surface area contributed by atoms with Crippen LogP contribution in [0.2, 0.25) is 0 Å². The molecule has 2 saturated heterocycles. The molecule has 2 rings (SSSR count). The van der Waals surface area contributed by atoms with Crippen LogP contribution in [0.25, 0.3) is 0 Å². The molecule has 0 radical (unpaired) electrons. The summed E-state index contributed by atoms with van der Waals surface area (Å²) in [5.41, 5.74) is 0. The number of amides is 1. The molecule has 2 heterocycles. The third-order valence-corrected chi connectivity index (χ3v) is 6.00. The van der Waals surface area contributed by atoms with Gasteiger partial charge in [0, 0.05) is 38.8 Å². The van der Waals surface area contributed by atoms with E-state index in [2.05, 4.69) is 11.8 Å². The average molecular weight is 332 g/mol. The second kappa shape index (κ2) is 7.25. The smallest absolute Gasteiger partial charge is 0.276 e. The van der Waals surface area contributed by atoms with Crippen molar-refractivity contribution in [3.05, 3.63) is 0 Å². The minimum absolute atomic E-state index is 0.176. The number of rotatable bonds is 4. The second-order valence-electron chi connectivity index (χ2n) is 6.25. The first-order valence-electron chi connectivity index (χ1n) is 8.17. The summed E-state index contributed by atoms with van der Waals surface area (Å²) >= 11 is 0. The highest BCUT2D eigenvalue weighted by Crippen LogP contribution is 2.21. The van der Waals surface area contributed by atoms with Crippen LogP contribution in [0.4, 0.5) is 0 Å². The lowest BCUT2D eigenvalue weighted by Gasteiger charge is -2.41. The second-order valence-corrected chi connectivity index (χ2v) is 7.79. The summed E-state index contributed by atoms with van der Waals surface area (Å²) < 4.78 is 23.9. The lowest BCUT2D eigenvalue weighted by atomic mass is 9.99. The Morgan fingerprint density at radius 2 is 1.82 bits per heavy atom. The van der Waals surface area contributed by atoms with Crippen LogP contribution in [0.1, 0.15) is 39.5 Å². The van der Waals surface area contributed by atoms with Gasteiger partial charge in [-0.1, -0.05) is 6.92 Å². The zero-order valence-electron chi connectivity index (χ0n) is 13.6. The number of carbonyl (C=O) groups is 1. The highest BCUT2D eigenvalue weighted by Gasteiger charge is 2.34. The van der Waals surface area contributed by atoms with E-state index in [0.29, 0.717) is 32.2 Å². The van der Waals surface area contributed by atoms with Crippen molar-refractivity contribution in [3.8, 4) is 0 Å². The van der Waals surface area contributed by atoms with Gasteiger partial charge >= 0.3 is 0 Å². The number of piperidine rings is 1. The number of hydrogen-bond donors (Lipinski definition) is 1. The molecule has 0 spiro atoms. The Balaban J connectivity index is 1.94. The van der Waals surface area contributed by atoms with E-state index in [1.54, 1.807) is 0 Å². The molecule has 2 aliphatic heterocycles. The van der Waals surface area contributed by atoms with Gasteiger partial charge < -0.3 is 4.90 Å². The predicted molar refractivity (Wildman–Crippen MR) is 85.4 cm³/mol. The molecule has 8 heteroatoms. The molecule has 0 aliphatic carbocycles. The minimum Gasteiger partial charge on any atom is -0.338 e. The van der Waals surface area contributed by atoms with Crippen molar-refractivity contribution < 1.29 is 13.2 Å². The number of piperazine rings is 1. The molecule has 2 unspecified atom stereocenters. The number of likely N-dealkylation sites (tertiary alicyclic amines) is 1. The molecule has 0 aromatic carbocycles. The molecule has 22 heavy (non-hydrogen) atoms. The largest absolute Gasteiger partial charge is 0.338 e. The van der Waals surface area contributed by atoms with Gasteiger partial charge in [0.05, 0.1) is 6.04 Å². The van der Waals surface area contributed by atoms with E-state index < -0.39 is 10.2 Å². The molecule has 128 valence electrons. The maximum atomic E-state index is 12.8. The predicted octanol–water partition coefficient (Wildman–Crippen LogP) is -0.0129. The first kappa shape index (κ1) is 17.7. The summed E-state index contributed by atoms with van der Waals surface area (Å²) in [6.45, 7) is 6.71. The summed E-state index contributed by atoms with van der Waals surface area (Å²) in [6, 6.07) is 0.157. The van der Waals surface area contributed by atoms with Gasteiger partial charge in [-0.25, -0.2) is 5.14 Å². The van der Waals surface area contributed by atoms with Gasteiger partial charge in [0.25, 0.3) is 10.2 Å². The van der Waals surface area contributed by atoms with E-state index in [-0.39, 0.29) is 11.9 Å². The zero-order chi connectivity index (χ0) is 16.3. The molecule has 0 saturated carbocycles. The Morgan fingerprint density at radius 3 is 2.36 bits per heavy atom. The zero-order valence-corrected chi connectivity index (χ0v) is 14.4. The number of nitrogens with zero attached hydrogens (tertiary/aromatic N) is 3. The van der Waals surface area contributed by atoms with E-state index in [1.807, 2.05) is 11.8 Å². The Hall–Kier alpha value is -0.700. The average Bonchev–Trinajstić information content (AvgIpc) is 2.52. The fraction of sp³-hybridized carbons (Fsp3) is 0.929. The molecule has 0 aromatic rings. The third kappa shape index (κ3) is 3.98. The van der Waals surface area contributed by atoms with Gasteiger partial charge in [0.15, 0.2) is 0 Å². The minimum atomic E-state index is -3.62. The Morgan fingerprint density at radius 1 is 1.18 bits per heavy atom. The topological polar surface area (TPSA) is 86.9 Å². The van der Waals surface area contributed by atoms with Crippen molar-refractivity contribution in [1.82, 2.24) is 14.1 Å². The van der Waals surface area contributed by atoms with Crippen LogP contribution in [0.15, 0.2) is 0 Å². The lowest BCUT2D eigenvalue weighted by Crippen LogP contribution is -2.57. The molecule has 2 aliphatic rings. The molecule has 1 amide bonds. The Labute approximate surface area is 133 Å². The summed E-state index contributed by atoms with van der Waals surface area (Å²) in [5.74, 6) is 0.176. The Bertz CT molecular complexity index is 488. The standard InChI is InChI=1S/C14H28N4O3S/c1-3-13-6-4-5-7-18(13)14(19)12(2)16-8-10-17(11-9-16)22(15,20)21/h12-13H,3-11H2,1-2H3,(H2,15,20,21). The van der Waals surface area contributed by atoms with E-state index in [1.165, 1.54) is 10.7 Å². The van der Waals surface area contributed by atoms with E-state index in [4.69, 9.17) is 5.14 Å². The fourth-order valence-corrected chi connectivity index (χ4v) is 4.13. The molecule has 2 fully saturated rings. The van der Waals surface area contributed by atoms with Crippen LogP contribution >= 0.6 is 0 Å². The summed E-state index contributed by atoms with van der Waals surface area (Å²) in [7, 11) is -3.62. The lowest BCUT2D eigenvalue weighted by molar-refractivity contribution is -0.140. The molecule has 0 aromatic heterocycles. The summed E-state index contributed by atoms with van der Waals surface area (Å²) in [4.78, 5) is 16.9. The van der Waals surface area contributed by atoms with Crippen molar-refractivity contribution >= 4 is 16.1 Å². The third-order valence-electron chi connectivity index (χ3n) is 4.92. The molecular weight excluding hydrogens is 304 g/mol. The van der Waals surface area contributed by atoms with Crippen LogP contribution in [0, 0.1) is 0 Å². The Kier molecular flexibility index (Phi) is 5.81. The van der Waals surface area contributed by atoms with Gasteiger partial charge in [0.1, 0.15) is 0 Å². The van der Waals surface area contributed by atoms with Crippen molar-refractivity contribution in [1.29, 1.82) is 0 Å². The normalized spacial score (nSPS) is 26.9. The number of carbonyl (C=O) groups excluding carboxylic acids is 1. The van der Waals surface area contributed by atoms with Crippen LogP contribution in [0.3, 0.4) is 0 Å². The first-order chi connectivity index (χ1) is 10.3. The highest BCUT2D eigenvalue weighted by molar-refractivity contribution is 7.86. The van der Waals surface area contributed by atoms with E-state index >= 15 is 0 Å². The van der Waals surface area contributed by atoms with E-state index in [0.717, 1.165) is 25.8 Å². The van der Waals surface area contributed by atoms with Crippen molar-refractivity contribution in [2.75, 3.05) is 32.7 Å². The quantitative estimate of drug-likeness (QED) is 0.784. The molecule has 2 atom stereocenters. The van der Waals surface area contributed by atoms with Crippen molar-refractivity contribution in [2.45, 2.75) is 51.6 Å².